The fraction of sp³-hybridized carbons (Fsp3) is 0.278. The number of hydrogen-bond acceptors (Lipinski definition) is 4. The standard InChI is InChI=1S/C18H21BrN2O3/c1-20(2)18(22)12-10-15(19)17(24-5)16(11-12)21(3)13-6-8-14(23-4)9-7-13/h6-11H,1-5H3. The van der Waals surface area contributed by atoms with E-state index in [2.05, 4.69) is 15.9 Å². The number of benzene rings is 2. The molecule has 128 valence electrons. The first-order valence-corrected chi connectivity index (χ1v) is 8.15. The van der Waals surface area contributed by atoms with Crippen LogP contribution in [0.4, 0.5) is 11.4 Å². The second kappa shape index (κ2) is 7.57. The van der Waals surface area contributed by atoms with E-state index < -0.39 is 0 Å². The second-order valence-corrected chi connectivity index (χ2v) is 6.32. The van der Waals surface area contributed by atoms with Gasteiger partial charge in [0.05, 0.1) is 24.4 Å². The van der Waals surface area contributed by atoms with Crippen LogP contribution in [0, 0.1) is 0 Å². The molecule has 0 aromatic heterocycles. The molecule has 0 aliphatic rings. The number of amides is 1. The lowest BCUT2D eigenvalue weighted by Gasteiger charge is -2.24. The predicted octanol–water partition coefficient (Wildman–Crippen LogP) is 3.94. The Morgan fingerprint density at radius 1 is 1.00 bits per heavy atom. The van der Waals surface area contributed by atoms with E-state index in [1.807, 2.05) is 42.3 Å². The van der Waals surface area contributed by atoms with Crippen LogP contribution in [0.15, 0.2) is 40.9 Å². The maximum absolute atomic E-state index is 12.3. The number of ether oxygens (including phenoxy) is 2. The molecule has 5 nitrogen and oxygen atoms in total. The molecule has 0 bridgehead atoms. The molecule has 0 aliphatic heterocycles. The topological polar surface area (TPSA) is 42.0 Å². The van der Waals surface area contributed by atoms with Crippen molar-refractivity contribution in [2.24, 2.45) is 0 Å². The van der Waals surface area contributed by atoms with Crippen molar-refractivity contribution in [3.8, 4) is 11.5 Å². The summed E-state index contributed by atoms with van der Waals surface area (Å²) >= 11 is 3.50. The summed E-state index contributed by atoms with van der Waals surface area (Å²) in [4.78, 5) is 15.8. The molecule has 0 saturated heterocycles. The highest BCUT2D eigenvalue weighted by Gasteiger charge is 2.18. The zero-order valence-corrected chi connectivity index (χ0v) is 16.0. The zero-order valence-electron chi connectivity index (χ0n) is 14.5. The maximum Gasteiger partial charge on any atom is 0.253 e. The summed E-state index contributed by atoms with van der Waals surface area (Å²) in [7, 11) is 8.63. The molecule has 0 saturated carbocycles. The highest BCUT2D eigenvalue weighted by atomic mass is 79.9. The molecule has 2 rings (SSSR count). The van der Waals surface area contributed by atoms with Crippen molar-refractivity contribution in [3.63, 3.8) is 0 Å². The molecule has 2 aromatic carbocycles. The minimum absolute atomic E-state index is 0.0669. The van der Waals surface area contributed by atoms with Gasteiger partial charge in [-0.25, -0.2) is 0 Å². The van der Waals surface area contributed by atoms with E-state index in [1.165, 1.54) is 0 Å². The fourth-order valence-corrected chi connectivity index (χ4v) is 2.97. The molecule has 0 unspecified atom stereocenters. The highest BCUT2D eigenvalue weighted by molar-refractivity contribution is 9.10. The van der Waals surface area contributed by atoms with Crippen molar-refractivity contribution in [3.05, 3.63) is 46.4 Å². The number of methoxy groups -OCH3 is 2. The van der Waals surface area contributed by atoms with Crippen LogP contribution in [0.3, 0.4) is 0 Å². The first kappa shape index (κ1) is 18.1. The van der Waals surface area contributed by atoms with Gasteiger partial charge in [0.1, 0.15) is 5.75 Å². The van der Waals surface area contributed by atoms with E-state index in [0.717, 1.165) is 21.6 Å². The number of anilines is 2. The summed E-state index contributed by atoms with van der Waals surface area (Å²) < 4.78 is 11.4. The number of carbonyl (C=O) groups excluding carboxylic acids is 1. The lowest BCUT2D eigenvalue weighted by Crippen LogP contribution is -2.22. The normalized spacial score (nSPS) is 10.2. The summed E-state index contributed by atoms with van der Waals surface area (Å²) in [5.74, 6) is 1.39. The molecule has 0 radical (unpaired) electrons. The average Bonchev–Trinajstić information content (AvgIpc) is 2.59. The van der Waals surface area contributed by atoms with E-state index in [9.17, 15) is 4.79 Å². The average molecular weight is 393 g/mol. The smallest absolute Gasteiger partial charge is 0.253 e. The highest BCUT2D eigenvalue weighted by Crippen LogP contribution is 2.39. The zero-order chi connectivity index (χ0) is 17.9. The Balaban J connectivity index is 2.51. The van der Waals surface area contributed by atoms with Crippen LogP contribution < -0.4 is 14.4 Å². The fourth-order valence-electron chi connectivity index (χ4n) is 2.36. The van der Waals surface area contributed by atoms with Gasteiger partial charge in [-0.3, -0.25) is 4.79 Å². The molecule has 24 heavy (non-hydrogen) atoms. The van der Waals surface area contributed by atoms with Crippen LogP contribution in [0.2, 0.25) is 0 Å². The Morgan fingerprint density at radius 2 is 1.62 bits per heavy atom. The third kappa shape index (κ3) is 3.64. The monoisotopic (exact) mass is 392 g/mol. The number of carbonyl (C=O) groups is 1. The second-order valence-electron chi connectivity index (χ2n) is 5.47. The van der Waals surface area contributed by atoms with Crippen molar-refractivity contribution >= 4 is 33.2 Å². The van der Waals surface area contributed by atoms with Crippen molar-refractivity contribution in [1.82, 2.24) is 4.90 Å². The van der Waals surface area contributed by atoms with E-state index >= 15 is 0 Å². The minimum atomic E-state index is -0.0669. The molecule has 0 fully saturated rings. The molecule has 0 aliphatic carbocycles. The van der Waals surface area contributed by atoms with Crippen LogP contribution >= 0.6 is 15.9 Å². The van der Waals surface area contributed by atoms with E-state index in [0.29, 0.717) is 11.3 Å². The molecule has 1 amide bonds. The largest absolute Gasteiger partial charge is 0.497 e. The Kier molecular flexibility index (Phi) is 5.72. The quantitative estimate of drug-likeness (QED) is 0.772. The van der Waals surface area contributed by atoms with Gasteiger partial charge in [-0.15, -0.1) is 0 Å². The SMILES string of the molecule is COc1ccc(N(C)c2cc(C(=O)N(C)C)cc(Br)c2OC)cc1. The van der Waals surface area contributed by atoms with Crippen molar-refractivity contribution in [2.45, 2.75) is 0 Å². The van der Waals surface area contributed by atoms with Gasteiger partial charge >= 0.3 is 0 Å². The summed E-state index contributed by atoms with van der Waals surface area (Å²) in [6.45, 7) is 0. The van der Waals surface area contributed by atoms with Gasteiger partial charge in [-0.05, 0) is 52.3 Å². The van der Waals surface area contributed by atoms with Crippen molar-refractivity contribution in [2.75, 3.05) is 40.3 Å². The van der Waals surface area contributed by atoms with Crippen LogP contribution in [-0.4, -0.2) is 46.2 Å². The summed E-state index contributed by atoms with van der Waals surface area (Å²) in [5, 5.41) is 0. The van der Waals surface area contributed by atoms with Crippen molar-refractivity contribution < 1.29 is 14.3 Å². The van der Waals surface area contributed by atoms with Gasteiger partial charge in [-0.2, -0.15) is 0 Å². The summed E-state index contributed by atoms with van der Waals surface area (Å²) in [5.41, 5.74) is 2.33. The molecule has 0 spiro atoms. The molecule has 6 heteroatoms. The first-order valence-electron chi connectivity index (χ1n) is 7.36. The predicted molar refractivity (Wildman–Crippen MR) is 99.8 cm³/mol. The van der Waals surface area contributed by atoms with Gasteiger partial charge in [0.2, 0.25) is 0 Å². The number of nitrogens with zero attached hydrogens (tertiary/aromatic N) is 2. The van der Waals surface area contributed by atoms with Crippen LogP contribution in [0.25, 0.3) is 0 Å². The molecular formula is C18H21BrN2O3. The van der Waals surface area contributed by atoms with E-state index in [1.54, 1.807) is 39.3 Å². The molecule has 0 atom stereocenters. The van der Waals surface area contributed by atoms with Gasteiger partial charge < -0.3 is 19.3 Å². The maximum atomic E-state index is 12.3. The third-order valence-electron chi connectivity index (χ3n) is 3.70. The van der Waals surface area contributed by atoms with Gasteiger partial charge in [0.25, 0.3) is 5.91 Å². The lowest BCUT2D eigenvalue weighted by atomic mass is 10.1. The molecule has 2 aromatic rings. The lowest BCUT2D eigenvalue weighted by molar-refractivity contribution is 0.0827. The van der Waals surface area contributed by atoms with E-state index in [-0.39, 0.29) is 5.91 Å². The molecule has 0 N–H and O–H groups in total. The van der Waals surface area contributed by atoms with Crippen LogP contribution in [-0.2, 0) is 0 Å². The van der Waals surface area contributed by atoms with Gasteiger partial charge in [0, 0.05) is 32.4 Å². The molecular weight excluding hydrogens is 372 g/mol. The van der Waals surface area contributed by atoms with Crippen LogP contribution in [0.1, 0.15) is 10.4 Å². The number of rotatable bonds is 5. The molecule has 0 heterocycles. The number of halogens is 1. The van der Waals surface area contributed by atoms with E-state index in [4.69, 9.17) is 9.47 Å². The third-order valence-corrected chi connectivity index (χ3v) is 4.29. The Labute approximate surface area is 150 Å². The Morgan fingerprint density at radius 3 is 2.12 bits per heavy atom. The summed E-state index contributed by atoms with van der Waals surface area (Å²) in [6, 6.07) is 11.3. The van der Waals surface area contributed by atoms with Crippen molar-refractivity contribution in [1.29, 1.82) is 0 Å². The Bertz CT molecular complexity index is 730. The summed E-state index contributed by atoms with van der Waals surface area (Å²) in [6.07, 6.45) is 0. The minimum Gasteiger partial charge on any atom is -0.497 e. The Hall–Kier alpha value is -2.21. The number of hydrogen-bond donors (Lipinski definition) is 0. The van der Waals surface area contributed by atoms with Crippen LogP contribution in [0.5, 0.6) is 11.5 Å². The van der Waals surface area contributed by atoms with Gasteiger partial charge in [-0.1, -0.05) is 0 Å². The first-order chi connectivity index (χ1) is 11.4. The van der Waals surface area contributed by atoms with Gasteiger partial charge in [0.15, 0.2) is 5.75 Å².